The minimum Gasteiger partial charge on any atom is -0.491 e. The predicted molar refractivity (Wildman–Crippen MR) is 82.5 cm³/mol. The molecule has 0 radical (unpaired) electrons. The van der Waals surface area contributed by atoms with E-state index in [9.17, 15) is 26.0 Å². The van der Waals surface area contributed by atoms with Gasteiger partial charge in [0.15, 0.2) is 22.3 Å². The van der Waals surface area contributed by atoms with Crippen LogP contribution in [0.2, 0.25) is 0 Å². The molecule has 0 bridgehead atoms. The quantitative estimate of drug-likeness (QED) is 0.572. The molecule has 0 aliphatic carbocycles. The second kappa shape index (κ2) is 7.40. The summed E-state index contributed by atoms with van der Waals surface area (Å²) >= 11 is 0. The smallest absolute Gasteiger partial charge is 0.249 e. The Morgan fingerprint density at radius 2 is 1.48 bits per heavy atom. The van der Waals surface area contributed by atoms with Crippen LogP contribution in [0.5, 0.6) is 5.75 Å². The van der Waals surface area contributed by atoms with Gasteiger partial charge < -0.3 is 4.74 Å². The molecule has 2 aromatic carbocycles. The Morgan fingerprint density at radius 3 is 1.92 bits per heavy atom. The SMILES string of the molecule is CCN(Cc1ccccc1)S(=O)(=O)c1c(F)c(F)c(OC)c(F)c1F. The Balaban J connectivity index is 2.59. The molecule has 4 nitrogen and oxygen atoms in total. The fraction of sp³-hybridized carbons (Fsp3) is 0.250. The van der Waals surface area contributed by atoms with Gasteiger partial charge in [0.2, 0.25) is 21.7 Å². The molecule has 0 spiro atoms. The summed E-state index contributed by atoms with van der Waals surface area (Å²) < 4.78 is 86.1. The first-order valence-corrected chi connectivity index (χ1v) is 8.63. The molecule has 2 aromatic rings. The second-order valence-corrected chi connectivity index (χ2v) is 6.91. The molecule has 25 heavy (non-hydrogen) atoms. The van der Waals surface area contributed by atoms with Crippen LogP contribution in [0.1, 0.15) is 12.5 Å². The number of methoxy groups -OCH3 is 1. The lowest BCUT2D eigenvalue weighted by Gasteiger charge is -2.22. The summed E-state index contributed by atoms with van der Waals surface area (Å²) in [6.45, 7) is 1.06. The average molecular weight is 377 g/mol. The summed E-state index contributed by atoms with van der Waals surface area (Å²) in [7, 11) is -4.03. The first-order valence-electron chi connectivity index (χ1n) is 7.19. The van der Waals surface area contributed by atoms with Gasteiger partial charge in [0.05, 0.1) is 7.11 Å². The first-order chi connectivity index (χ1) is 11.8. The molecule has 0 N–H and O–H groups in total. The van der Waals surface area contributed by atoms with E-state index in [1.165, 1.54) is 6.92 Å². The van der Waals surface area contributed by atoms with Crippen molar-refractivity contribution in [1.29, 1.82) is 0 Å². The van der Waals surface area contributed by atoms with Gasteiger partial charge in [-0.25, -0.2) is 17.2 Å². The van der Waals surface area contributed by atoms with Crippen LogP contribution in [0.4, 0.5) is 17.6 Å². The Labute approximate surface area is 142 Å². The van der Waals surface area contributed by atoms with Crippen molar-refractivity contribution >= 4 is 10.0 Å². The number of hydrogen-bond donors (Lipinski definition) is 0. The molecule has 0 saturated carbocycles. The molecule has 0 fully saturated rings. The zero-order valence-electron chi connectivity index (χ0n) is 13.4. The fourth-order valence-corrected chi connectivity index (χ4v) is 3.83. The highest BCUT2D eigenvalue weighted by molar-refractivity contribution is 7.89. The molecule has 0 amide bonds. The lowest BCUT2D eigenvalue weighted by atomic mass is 10.2. The van der Waals surface area contributed by atoms with Gasteiger partial charge in [-0.2, -0.15) is 13.1 Å². The summed E-state index contributed by atoms with van der Waals surface area (Å²) in [5, 5.41) is 0. The lowest BCUT2D eigenvalue weighted by molar-refractivity contribution is 0.319. The number of nitrogens with zero attached hydrogens (tertiary/aromatic N) is 1. The van der Waals surface area contributed by atoms with E-state index in [4.69, 9.17) is 0 Å². The van der Waals surface area contributed by atoms with Gasteiger partial charge in [-0.15, -0.1) is 0 Å². The standard InChI is InChI=1S/C16H15F4NO3S/c1-3-21(9-10-7-5-4-6-8-10)25(22,23)16-13(19)11(17)15(24-2)12(18)14(16)20/h4-8H,3,9H2,1-2H3. The maximum Gasteiger partial charge on any atom is 0.249 e. The lowest BCUT2D eigenvalue weighted by Crippen LogP contribution is -2.32. The topological polar surface area (TPSA) is 46.6 Å². The maximum atomic E-state index is 14.2. The third kappa shape index (κ3) is 3.47. The van der Waals surface area contributed by atoms with Gasteiger partial charge in [-0.3, -0.25) is 0 Å². The van der Waals surface area contributed by atoms with Gasteiger partial charge in [0.1, 0.15) is 0 Å². The van der Waals surface area contributed by atoms with E-state index in [1.807, 2.05) is 0 Å². The van der Waals surface area contributed by atoms with Crippen LogP contribution in [-0.4, -0.2) is 26.4 Å². The Bertz CT molecular complexity index is 844. The van der Waals surface area contributed by atoms with E-state index < -0.39 is 43.9 Å². The van der Waals surface area contributed by atoms with Crippen LogP contribution >= 0.6 is 0 Å². The van der Waals surface area contributed by atoms with Crippen LogP contribution in [0.3, 0.4) is 0 Å². The third-order valence-electron chi connectivity index (χ3n) is 3.54. The highest BCUT2D eigenvalue weighted by atomic mass is 32.2. The monoisotopic (exact) mass is 377 g/mol. The number of sulfonamides is 1. The van der Waals surface area contributed by atoms with Crippen molar-refractivity contribution in [2.45, 2.75) is 18.4 Å². The first kappa shape index (κ1) is 19.2. The van der Waals surface area contributed by atoms with Crippen molar-refractivity contribution < 1.29 is 30.7 Å². The third-order valence-corrected chi connectivity index (χ3v) is 5.48. The van der Waals surface area contributed by atoms with Gasteiger partial charge in [0, 0.05) is 13.1 Å². The van der Waals surface area contributed by atoms with Crippen molar-refractivity contribution in [2.75, 3.05) is 13.7 Å². The normalized spacial score (nSPS) is 11.8. The molecular weight excluding hydrogens is 362 g/mol. The van der Waals surface area contributed by atoms with Crippen molar-refractivity contribution in [3.63, 3.8) is 0 Å². The molecule has 0 saturated heterocycles. The molecule has 2 rings (SSSR count). The summed E-state index contributed by atoms with van der Waals surface area (Å²) in [6.07, 6.45) is 0. The zero-order chi connectivity index (χ0) is 18.8. The van der Waals surface area contributed by atoms with Gasteiger partial charge in [-0.05, 0) is 5.56 Å². The van der Waals surface area contributed by atoms with Crippen LogP contribution in [-0.2, 0) is 16.6 Å². The summed E-state index contributed by atoms with van der Waals surface area (Å²) in [5.41, 5.74) is 0.545. The van der Waals surface area contributed by atoms with Crippen LogP contribution in [0, 0.1) is 23.3 Å². The fourth-order valence-electron chi connectivity index (χ4n) is 2.28. The maximum absolute atomic E-state index is 14.2. The van der Waals surface area contributed by atoms with Crippen LogP contribution in [0.25, 0.3) is 0 Å². The Morgan fingerprint density at radius 1 is 0.960 bits per heavy atom. The van der Waals surface area contributed by atoms with Crippen LogP contribution in [0.15, 0.2) is 35.2 Å². The van der Waals surface area contributed by atoms with Crippen molar-refractivity contribution in [2.24, 2.45) is 0 Å². The van der Waals surface area contributed by atoms with E-state index in [-0.39, 0.29) is 13.1 Å². The number of benzene rings is 2. The molecule has 0 unspecified atom stereocenters. The minimum absolute atomic E-state index is 0.161. The average Bonchev–Trinajstić information content (AvgIpc) is 2.59. The van der Waals surface area contributed by atoms with Crippen molar-refractivity contribution in [3.8, 4) is 5.75 Å². The molecule has 0 aliphatic rings. The highest BCUT2D eigenvalue weighted by Crippen LogP contribution is 2.34. The van der Waals surface area contributed by atoms with E-state index in [2.05, 4.69) is 4.74 Å². The van der Waals surface area contributed by atoms with Crippen LogP contribution < -0.4 is 4.74 Å². The van der Waals surface area contributed by atoms with Gasteiger partial charge >= 0.3 is 0 Å². The molecular formula is C16H15F4NO3S. The predicted octanol–water partition coefficient (Wildman–Crippen LogP) is 3.46. The summed E-state index contributed by atoms with van der Waals surface area (Å²) in [5.74, 6) is -9.18. The molecule has 0 aliphatic heterocycles. The molecule has 9 heteroatoms. The molecule has 0 heterocycles. The number of rotatable bonds is 6. The largest absolute Gasteiger partial charge is 0.491 e. The second-order valence-electron chi connectivity index (χ2n) is 5.04. The van der Waals surface area contributed by atoms with E-state index in [0.717, 1.165) is 11.4 Å². The minimum atomic E-state index is -4.83. The van der Waals surface area contributed by atoms with E-state index >= 15 is 0 Å². The number of ether oxygens (including phenoxy) is 1. The summed E-state index contributed by atoms with van der Waals surface area (Å²) in [4.78, 5) is -1.68. The Hall–Kier alpha value is -2.13. The van der Waals surface area contributed by atoms with Gasteiger partial charge in [-0.1, -0.05) is 37.3 Å². The van der Waals surface area contributed by atoms with Crippen molar-refractivity contribution in [1.82, 2.24) is 4.31 Å². The molecule has 0 aromatic heterocycles. The molecule has 136 valence electrons. The summed E-state index contributed by atoms with van der Waals surface area (Å²) in [6, 6.07) is 8.25. The van der Waals surface area contributed by atoms with E-state index in [1.54, 1.807) is 30.3 Å². The van der Waals surface area contributed by atoms with Gasteiger partial charge in [0.25, 0.3) is 0 Å². The Kier molecular flexibility index (Phi) is 5.69. The van der Waals surface area contributed by atoms with Crippen molar-refractivity contribution in [3.05, 3.63) is 59.2 Å². The molecule has 0 atom stereocenters. The highest BCUT2D eigenvalue weighted by Gasteiger charge is 2.36. The van der Waals surface area contributed by atoms with E-state index in [0.29, 0.717) is 5.56 Å². The number of hydrogen-bond acceptors (Lipinski definition) is 3. The zero-order valence-corrected chi connectivity index (χ0v) is 14.2. The number of halogens is 4.